The van der Waals surface area contributed by atoms with Crippen LogP contribution in [0, 0.1) is 0 Å². The Balaban J connectivity index is 0.849. The van der Waals surface area contributed by atoms with Crippen LogP contribution in [-0.2, 0) is 56.8 Å². The lowest BCUT2D eigenvalue weighted by Gasteiger charge is -2.44. The van der Waals surface area contributed by atoms with E-state index in [1.165, 1.54) is 0 Å². The van der Waals surface area contributed by atoms with Crippen LogP contribution in [0.4, 0.5) is 0 Å². The summed E-state index contributed by atoms with van der Waals surface area (Å²) in [4.78, 5) is 151. The van der Waals surface area contributed by atoms with Crippen LogP contribution >= 0.6 is 0 Å². The van der Waals surface area contributed by atoms with Gasteiger partial charge in [-0.15, -0.1) is 0 Å². The van der Waals surface area contributed by atoms with Crippen molar-refractivity contribution in [3.05, 3.63) is 122 Å². The highest BCUT2D eigenvalue weighted by molar-refractivity contribution is 6.14. The number of aromatic hydroxyl groups is 29. The normalized spacial score (nSPS) is 20.1. The Morgan fingerprint density at radius 1 is 0.231 bits per heavy atom. The second-order valence-electron chi connectivity index (χ2n) is 29.4. The predicted molar refractivity (Wildman–Crippen MR) is 413 cm³/mol. The first-order valence-electron chi connectivity index (χ1n) is 37.2. The Morgan fingerprint density at radius 2 is 0.470 bits per heavy atom. The molecule has 0 aromatic heterocycles. The Hall–Kier alpha value is -19.2. The summed E-state index contributed by atoms with van der Waals surface area (Å²) in [5, 5.41) is 324. The van der Waals surface area contributed by atoms with Gasteiger partial charge in [0, 0.05) is 38.9 Å². The van der Waals surface area contributed by atoms with Crippen LogP contribution in [0.1, 0.15) is 104 Å². The third-order valence-electron chi connectivity index (χ3n) is 21.6. The number of hydrogen-bond acceptors (Lipinski definition) is 52. The molecule has 29 N–H and O–H groups in total. The van der Waals surface area contributed by atoms with E-state index in [2.05, 4.69) is 0 Å². The maximum Gasteiger partial charge on any atom is 0.343 e. The summed E-state index contributed by atoms with van der Waals surface area (Å²) in [6, 6.07) is 3.02. The van der Waals surface area contributed by atoms with Crippen molar-refractivity contribution in [3.8, 4) is 223 Å². The number of phenolic OH excluding ortho intramolecular Hbond substituents is 29. The lowest BCUT2D eigenvalue weighted by molar-refractivity contribution is -0.283. The number of carbonyl (C=O) groups is 10. The molecule has 2 fully saturated rings. The topological polar surface area (TPSA) is 877 Å². The van der Waals surface area contributed by atoms with Crippen LogP contribution in [-0.4, -0.2) is 282 Å². The molecule has 0 saturated carbocycles. The van der Waals surface area contributed by atoms with Crippen LogP contribution < -0.4 is 4.74 Å². The number of hydrogen-bond donors (Lipinski definition) is 29. The van der Waals surface area contributed by atoms with E-state index in [4.69, 9.17) is 61.6 Å². The van der Waals surface area contributed by atoms with Crippen molar-refractivity contribution in [2.75, 3.05) is 13.2 Å². The third-order valence-corrected chi connectivity index (χ3v) is 21.6. The van der Waals surface area contributed by atoms with Crippen LogP contribution in [0.5, 0.6) is 178 Å². The largest absolute Gasteiger partial charge is 0.504 e. The molecule has 0 spiro atoms. The SMILES string of the molecule is O=C(O[C@@H]1O[C@@H]2COC(=O)c3cc(O)c(O)c(O)c3-c3c(cc(O)c(O)c3O)C(=O)O[C@@H]2[C@H]2OC(=O)c3cc(O)c(O)c(O)c3-c3c(cc(O)c(O)c3O)C(=O)O[C@H]12)c1cc(O)c(O)c(Oc2c(O)c(O)c(O)c3c2C(=O)O[C@H]2[C@H]4OC(=O)c5cc(O)c(O)c(O)c5-c5c(cc(O)c(O)c5O)C(=O)O[C@@H]4[C@@H](OC(=O)c4cc(O)c(O)c(O)c4)O[C@@H]2COC(=O)c2cc(O)c(O)c(O)c2-3)c1. The maximum absolute atomic E-state index is 16.1. The predicted octanol–water partition coefficient (Wildman–Crippen LogP) is 3.69. The van der Waals surface area contributed by atoms with E-state index in [9.17, 15) is 162 Å². The van der Waals surface area contributed by atoms with Crippen LogP contribution in [0.25, 0.3) is 44.5 Å². The summed E-state index contributed by atoms with van der Waals surface area (Å²) >= 11 is 0. The monoisotopic (exact) mass is 1870 g/mol. The molecule has 134 heavy (non-hydrogen) atoms. The molecule has 0 radical (unpaired) electrons. The highest BCUT2D eigenvalue weighted by Crippen LogP contribution is 2.62. The van der Waals surface area contributed by atoms with E-state index >= 15 is 33.6 Å². The zero-order valence-corrected chi connectivity index (χ0v) is 65.4. The Labute approximate surface area is 734 Å². The van der Waals surface area contributed by atoms with Crippen molar-refractivity contribution in [1.29, 1.82) is 0 Å². The molecule has 694 valence electrons. The van der Waals surface area contributed by atoms with Crippen molar-refractivity contribution >= 4 is 59.7 Å². The van der Waals surface area contributed by atoms with Crippen molar-refractivity contribution in [1.82, 2.24) is 0 Å². The van der Waals surface area contributed by atoms with Crippen molar-refractivity contribution in [2.45, 2.75) is 61.4 Å². The summed E-state index contributed by atoms with van der Waals surface area (Å²) in [6.07, 6.45) is -28.7. The van der Waals surface area contributed by atoms with E-state index in [1.54, 1.807) is 0 Å². The van der Waals surface area contributed by atoms with Crippen molar-refractivity contribution in [2.24, 2.45) is 0 Å². The molecule has 0 bridgehead atoms. The van der Waals surface area contributed by atoms with Gasteiger partial charge in [0.15, 0.2) is 145 Å². The second kappa shape index (κ2) is 31.7. The highest BCUT2D eigenvalue weighted by Gasteiger charge is 2.59. The average molecular weight is 1870 g/mol. The number of benzene rings is 10. The molecule has 0 aliphatic carbocycles. The van der Waals surface area contributed by atoms with Crippen LogP contribution in [0.3, 0.4) is 0 Å². The van der Waals surface area contributed by atoms with Crippen molar-refractivity contribution in [3.63, 3.8) is 0 Å². The Morgan fingerprint density at radius 3 is 0.776 bits per heavy atom. The summed E-state index contributed by atoms with van der Waals surface area (Å²) in [5.74, 6) is -70.3. The van der Waals surface area contributed by atoms with E-state index in [0.29, 0.717) is 18.2 Å². The van der Waals surface area contributed by atoms with Gasteiger partial charge in [-0.3, -0.25) is 0 Å². The summed E-state index contributed by atoms with van der Waals surface area (Å²) in [6.45, 7) is -3.19. The molecule has 6 heterocycles. The standard InChI is InChI=1S/C82H54O52/c83-23-1-14(2-24(84)45(23)93)71(112)133-81-70-68(130-77(118)20-9-30(90)50(98)57(105)39(20)41-22(79(120)132-70)11-32(92)52(100)59(41)107)65-35(126-81)13-123-74(115)17-6-27(87)53(101)60(108)42(17)43-44(80(121)128-65)66(63(111)62(110)61(43)109)124-33-4-15(3-25(85)46(33)94)72(113)134-82-69-67(129-76(117)19-8-29(89)49(97)56(104)38(19)40-21(78(119)131-69)10-31(91)51(99)58(40)106)64-34(125-82)12-122-73(114)16-5-26(86)47(95)54(102)36(16)37-18(75(116)127-64)7-28(88)48(96)55(37)103/h1-11,34-35,64-65,67-70,81-111H,12-13H2/t34-,35-,64+,65-,67-,68-,69+,70+,81-,82+/m1/s1. The molecular weight excluding hydrogens is 1820 g/mol. The molecule has 0 unspecified atom stereocenters. The Kier molecular flexibility index (Phi) is 20.9. The molecule has 10 aromatic rings. The third kappa shape index (κ3) is 13.9. The van der Waals surface area contributed by atoms with Crippen LogP contribution in [0.15, 0.2) is 66.7 Å². The van der Waals surface area contributed by atoms with E-state index in [-0.39, 0.29) is 48.5 Å². The molecule has 10 aromatic carbocycles. The minimum Gasteiger partial charge on any atom is -0.504 e. The Bertz CT molecular complexity index is 6960. The number of carbonyl (C=O) groups excluding carboxylic acids is 10. The molecule has 16 rings (SSSR count). The van der Waals surface area contributed by atoms with Gasteiger partial charge in [0.1, 0.15) is 31.0 Å². The number of ether oxygens (including phenoxy) is 13. The molecular formula is C82H54O52. The number of esters is 10. The summed E-state index contributed by atoms with van der Waals surface area (Å²) < 4.78 is 74.9. The molecule has 52 nitrogen and oxygen atoms in total. The first-order valence-corrected chi connectivity index (χ1v) is 37.2. The molecule has 2 saturated heterocycles. The zero-order chi connectivity index (χ0) is 97.2. The van der Waals surface area contributed by atoms with Gasteiger partial charge >= 0.3 is 59.7 Å². The molecule has 6 aliphatic rings. The van der Waals surface area contributed by atoms with Crippen molar-refractivity contribution < 1.29 is 258 Å². The second-order valence-corrected chi connectivity index (χ2v) is 29.4. The number of phenols is 29. The zero-order valence-electron chi connectivity index (χ0n) is 65.4. The van der Waals surface area contributed by atoms with Gasteiger partial charge in [0.25, 0.3) is 0 Å². The van der Waals surface area contributed by atoms with Gasteiger partial charge in [-0.25, -0.2) is 47.9 Å². The first-order chi connectivity index (χ1) is 63.1. The minimum absolute atomic E-state index is 0.174. The maximum atomic E-state index is 16.1. The number of fused-ring (bicyclic) bond motifs is 18. The quantitative estimate of drug-likeness (QED) is 0.0641. The van der Waals surface area contributed by atoms with Gasteiger partial charge in [0.05, 0.1) is 55.6 Å². The van der Waals surface area contributed by atoms with E-state index in [0.717, 1.165) is 0 Å². The molecule has 10 atom stereocenters. The first kappa shape index (κ1) is 88.3. The lowest BCUT2D eigenvalue weighted by Crippen LogP contribution is -2.63. The van der Waals surface area contributed by atoms with Gasteiger partial charge in [-0.1, -0.05) is 0 Å². The summed E-state index contributed by atoms with van der Waals surface area (Å²) in [5.41, 5.74) is -24.4. The fourth-order valence-corrected chi connectivity index (χ4v) is 15.2. The fraction of sp³-hybridized carbons (Fsp3) is 0.146. The van der Waals surface area contributed by atoms with Gasteiger partial charge < -0.3 is 210 Å². The molecule has 52 heteroatoms. The van der Waals surface area contributed by atoms with E-state index < -0.39 is 413 Å². The smallest absolute Gasteiger partial charge is 0.343 e. The lowest BCUT2D eigenvalue weighted by atomic mass is 9.90. The summed E-state index contributed by atoms with van der Waals surface area (Å²) in [7, 11) is 0. The average Bonchev–Trinajstić information content (AvgIpc) is 0.886. The van der Waals surface area contributed by atoms with Gasteiger partial charge in [-0.2, -0.15) is 0 Å². The number of rotatable bonds is 6. The van der Waals surface area contributed by atoms with Crippen LogP contribution in [0.2, 0.25) is 0 Å². The highest BCUT2D eigenvalue weighted by atomic mass is 16.8. The minimum atomic E-state index is -3.05. The van der Waals surface area contributed by atoms with E-state index in [1.807, 2.05) is 0 Å². The van der Waals surface area contributed by atoms with Gasteiger partial charge in [-0.05, 0) is 66.7 Å². The molecule has 0 amide bonds. The number of cyclic esters (lactones) is 2. The fourth-order valence-electron chi connectivity index (χ4n) is 15.2. The molecule has 6 aliphatic heterocycles. The van der Waals surface area contributed by atoms with Gasteiger partial charge in [0.2, 0.25) is 82.3 Å².